The third-order valence-electron chi connectivity index (χ3n) is 6.42. The zero-order valence-electron chi connectivity index (χ0n) is 19.9. The molecule has 0 spiro atoms. The standard InChI is InChI=1S/C27H32N2O4S/c1-20-10-12-23(13-11-20)29(34(31,32)25-8-4-6-21(2)18-25)24-14-16-28(17-15-24)19-22-7-5-9-26(33-3)27(22)30/h4-13,18,24,30H,14-17,19H2,1-3H3. The maximum Gasteiger partial charge on any atom is 0.264 e. The van der Waals surface area contributed by atoms with Crippen molar-refractivity contribution in [2.75, 3.05) is 24.5 Å². The largest absolute Gasteiger partial charge is 0.504 e. The van der Waals surface area contributed by atoms with Crippen LogP contribution in [0.25, 0.3) is 0 Å². The van der Waals surface area contributed by atoms with Crippen LogP contribution in [0, 0.1) is 13.8 Å². The number of piperidine rings is 1. The molecule has 1 aliphatic heterocycles. The van der Waals surface area contributed by atoms with Crippen molar-refractivity contribution in [3.8, 4) is 11.5 Å². The maximum absolute atomic E-state index is 13.8. The number of hydrogen-bond donors (Lipinski definition) is 1. The fourth-order valence-corrected chi connectivity index (χ4v) is 6.35. The van der Waals surface area contributed by atoms with Crippen molar-refractivity contribution < 1.29 is 18.3 Å². The average molecular weight is 481 g/mol. The third kappa shape index (κ3) is 5.05. The first-order chi connectivity index (χ1) is 16.3. The summed E-state index contributed by atoms with van der Waals surface area (Å²) in [6.45, 7) is 5.95. The minimum absolute atomic E-state index is 0.150. The van der Waals surface area contributed by atoms with E-state index < -0.39 is 10.0 Å². The van der Waals surface area contributed by atoms with E-state index in [1.165, 1.54) is 0 Å². The number of aryl methyl sites for hydroxylation is 2. The smallest absolute Gasteiger partial charge is 0.264 e. The second-order valence-corrected chi connectivity index (χ2v) is 10.7. The second kappa shape index (κ2) is 10.1. The number of para-hydroxylation sites is 1. The van der Waals surface area contributed by atoms with E-state index in [1.807, 2.05) is 56.3 Å². The third-order valence-corrected chi connectivity index (χ3v) is 8.30. The number of phenols is 1. The van der Waals surface area contributed by atoms with Crippen LogP contribution in [-0.4, -0.2) is 44.7 Å². The lowest BCUT2D eigenvalue weighted by molar-refractivity contribution is 0.204. The molecule has 3 aromatic rings. The van der Waals surface area contributed by atoms with E-state index in [-0.39, 0.29) is 11.8 Å². The molecule has 6 nitrogen and oxygen atoms in total. The average Bonchev–Trinajstić information content (AvgIpc) is 2.83. The zero-order valence-corrected chi connectivity index (χ0v) is 20.8. The highest BCUT2D eigenvalue weighted by Gasteiger charge is 2.34. The number of hydrogen-bond acceptors (Lipinski definition) is 5. The van der Waals surface area contributed by atoms with Crippen LogP contribution >= 0.6 is 0 Å². The molecule has 4 rings (SSSR count). The molecule has 0 saturated carbocycles. The minimum atomic E-state index is -3.72. The van der Waals surface area contributed by atoms with Gasteiger partial charge in [-0.3, -0.25) is 9.21 Å². The highest BCUT2D eigenvalue weighted by atomic mass is 32.2. The summed E-state index contributed by atoms with van der Waals surface area (Å²) in [5.74, 6) is 0.623. The Morgan fingerprint density at radius 3 is 2.29 bits per heavy atom. The molecule has 0 aromatic heterocycles. The van der Waals surface area contributed by atoms with Crippen LogP contribution in [-0.2, 0) is 16.6 Å². The number of nitrogens with zero attached hydrogens (tertiary/aromatic N) is 2. The van der Waals surface area contributed by atoms with Gasteiger partial charge in [0.2, 0.25) is 0 Å². The topological polar surface area (TPSA) is 70.1 Å². The Morgan fingerprint density at radius 1 is 0.971 bits per heavy atom. The van der Waals surface area contributed by atoms with Gasteiger partial charge in [0, 0.05) is 31.2 Å². The molecule has 1 aliphatic rings. The predicted molar refractivity (Wildman–Crippen MR) is 135 cm³/mol. The highest BCUT2D eigenvalue weighted by Crippen LogP contribution is 2.33. The first-order valence-corrected chi connectivity index (χ1v) is 13.0. The number of sulfonamides is 1. The van der Waals surface area contributed by atoms with Gasteiger partial charge in [-0.25, -0.2) is 8.42 Å². The molecule has 0 bridgehead atoms. The monoisotopic (exact) mass is 480 g/mol. The molecule has 1 fully saturated rings. The summed E-state index contributed by atoms with van der Waals surface area (Å²) in [5.41, 5.74) is 3.50. The molecule has 0 unspecified atom stereocenters. The van der Waals surface area contributed by atoms with Crippen molar-refractivity contribution in [1.29, 1.82) is 0 Å². The first kappa shape index (κ1) is 24.1. The summed E-state index contributed by atoms with van der Waals surface area (Å²) in [4.78, 5) is 2.56. The van der Waals surface area contributed by atoms with E-state index in [0.717, 1.165) is 29.8 Å². The Balaban J connectivity index is 1.57. The zero-order chi connectivity index (χ0) is 24.3. The SMILES string of the molecule is COc1cccc(CN2CCC(N(c3ccc(C)cc3)S(=O)(=O)c3cccc(C)c3)CC2)c1O. The van der Waals surface area contributed by atoms with Gasteiger partial charge in [0.1, 0.15) is 0 Å². The number of methoxy groups -OCH3 is 1. The number of anilines is 1. The van der Waals surface area contributed by atoms with Gasteiger partial charge >= 0.3 is 0 Å². The van der Waals surface area contributed by atoms with Crippen molar-refractivity contribution in [1.82, 2.24) is 4.90 Å². The summed E-state index contributed by atoms with van der Waals surface area (Å²) in [6, 6.07) is 20.1. The van der Waals surface area contributed by atoms with Crippen LogP contribution in [0.4, 0.5) is 5.69 Å². The van der Waals surface area contributed by atoms with Gasteiger partial charge < -0.3 is 9.84 Å². The van der Waals surface area contributed by atoms with Crippen LogP contribution in [0.5, 0.6) is 11.5 Å². The quantitative estimate of drug-likeness (QED) is 0.522. The number of aromatic hydroxyl groups is 1. The Morgan fingerprint density at radius 2 is 1.65 bits per heavy atom. The molecule has 7 heteroatoms. The Bertz CT molecular complexity index is 1230. The number of likely N-dealkylation sites (tertiary alicyclic amines) is 1. The van der Waals surface area contributed by atoms with E-state index in [9.17, 15) is 13.5 Å². The fraction of sp³-hybridized carbons (Fsp3) is 0.333. The van der Waals surface area contributed by atoms with Crippen molar-refractivity contribution in [2.24, 2.45) is 0 Å². The van der Waals surface area contributed by atoms with E-state index in [4.69, 9.17) is 4.74 Å². The van der Waals surface area contributed by atoms with Gasteiger partial charge in [-0.05, 0) is 62.6 Å². The molecule has 1 heterocycles. The fourth-order valence-electron chi connectivity index (χ4n) is 4.54. The van der Waals surface area contributed by atoms with Crippen LogP contribution in [0.1, 0.15) is 29.5 Å². The van der Waals surface area contributed by atoms with Gasteiger partial charge in [0.15, 0.2) is 11.5 Å². The molecule has 180 valence electrons. The van der Waals surface area contributed by atoms with E-state index in [0.29, 0.717) is 35.7 Å². The molecule has 3 aromatic carbocycles. The van der Waals surface area contributed by atoms with Crippen LogP contribution < -0.4 is 9.04 Å². The van der Waals surface area contributed by atoms with Gasteiger partial charge in [0.25, 0.3) is 10.0 Å². The number of ether oxygens (including phenoxy) is 1. The number of benzene rings is 3. The molecule has 34 heavy (non-hydrogen) atoms. The second-order valence-electron chi connectivity index (χ2n) is 8.93. The summed E-state index contributed by atoms with van der Waals surface area (Å²) in [5, 5.41) is 10.4. The number of phenolic OH excluding ortho intramolecular Hbond substituents is 1. The van der Waals surface area contributed by atoms with Gasteiger partial charge in [0.05, 0.1) is 17.7 Å². The Hall–Kier alpha value is -3.03. The molecular weight excluding hydrogens is 448 g/mol. The maximum atomic E-state index is 13.8. The Labute approximate surface area is 202 Å². The van der Waals surface area contributed by atoms with Gasteiger partial charge in [-0.15, -0.1) is 0 Å². The molecule has 0 radical (unpaired) electrons. The van der Waals surface area contributed by atoms with Crippen molar-refractivity contribution in [3.05, 3.63) is 83.4 Å². The van der Waals surface area contributed by atoms with Crippen molar-refractivity contribution in [2.45, 2.75) is 44.2 Å². The van der Waals surface area contributed by atoms with Crippen LogP contribution in [0.15, 0.2) is 71.6 Å². The summed E-state index contributed by atoms with van der Waals surface area (Å²) >= 11 is 0. The molecule has 1 saturated heterocycles. The van der Waals surface area contributed by atoms with Crippen molar-refractivity contribution in [3.63, 3.8) is 0 Å². The number of rotatable bonds is 7. The van der Waals surface area contributed by atoms with Crippen molar-refractivity contribution >= 4 is 15.7 Å². The molecular formula is C27H32N2O4S. The Kier molecular flexibility index (Phi) is 7.14. The van der Waals surface area contributed by atoms with Gasteiger partial charge in [-0.2, -0.15) is 0 Å². The lowest BCUT2D eigenvalue weighted by atomic mass is 10.0. The first-order valence-electron chi connectivity index (χ1n) is 11.5. The summed E-state index contributed by atoms with van der Waals surface area (Å²) in [7, 11) is -2.18. The van der Waals surface area contributed by atoms with E-state index in [2.05, 4.69) is 4.90 Å². The highest BCUT2D eigenvalue weighted by molar-refractivity contribution is 7.92. The normalized spacial score (nSPS) is 15.3. The summed E-state index contributed by atoms with van der Waals surface area (Å²) < 4.78 is 34.5. The molecule has 1 N–H and O–H groups in total. The van der Waals surface area contributed by atoms with Crippen LogP contribution in [0.3, 0.4) is 0 Å². The minimum Gasteiger partial charge on any atom is -0.504 e. The molecule has 0 amide bonds. The molecule has 0 atom stereocenters. The lowest BCUT2D eigenvalue weighted by Crippen LogP contribution is -2.47. The van der Waals surface area contributed by atoms with Crippen LogP contribution in [0.2, 0.25) is 0 Å². The van der Waals surface area contributed by atoms with E-state index >= 15 is 0 Å². The van der Waals surface area contributed by atoms with E-state index in [1.54, 1.807) is 35.7 Å². The lowest BCUT2D eigenvalue weighted by Gasteiger charge is -2.39. The summed E-state index contributed by atoms with van der Waals surface area (Å²) in [6.07, 6.45) is 1.40. The predicted octanol–water partition coefficient (Wildman–Crippen LogP) is 4.88. The van der Waals surface area contributed by atoms with Gasteiger partial charge in [-0.1, -0.05) is 42.0 Å². The molecule has 0 aliphatic carbocycles.